The van der Waals surface area contributed by atoms with Crippen molar-refractivity contribution in [1.82, 2.24) is 26.7 Å². The average Bonchev–Trinajstić information content (AvgIpc) is 3.16. The predicted octanol–water partition coefficient (Wildman–Crippen LogP) is 1.12. The first-order chi connectivity index (χ1) is 27.5. The lowest BCUT2D eigenvalue weighted by atomic mass is 10.0. The molecule has 0 saturated carbocycles. The fraction of sp³-hybridized carbons (Fsp3) is 0.811. The molecule has 4 amide bonds. The molecule has 0 fully saturated rings. The summed E-state index contributed by atoms with van der Waals surface area (Å²) in [5.74, 6) is -4.50. The molecule has 0 heterocycles. The van der Waals surface area contributed by atoms with Crippen molar-refractivity contribution in [3.63, 3.8) is 0 Å². The number of carboxylic acids is 3. The molecule has 0 aromatic rings. The van der Waals surface area contributed by atoms with E-state index >= 15 is 0 Å². The monoisotopic (exact) mass is 821 g/mol. The van der Waals surface area contributed by atoms with Gasteiger partial charge in [-0.2, -0.15) is 5.48 Å². The van der Waals surface area contributed by atoms with Gasteiger partial charge in [-0.15, -0.1) is 0 Å². The second-order valence-corrected chi connectivity index (χ2v) is 13.3. The minimum Gasteiger partial charge on any atom is -0.481 e. The number of amides is 4. The number of hydrogen-bond acceptors (Lipinski definition) is 13. The zero-order valence-electron chi connectivity index (χ0n) is 33.2. The first-order valence-electron chi connectivity index (χ1n) is 19.9. The Balaban J connectivity index is 3.67. The Morgan fingerprint density at radius 3 is 1.37 bits per heavy atom. The number of hydrogen-bond donors (Lipinski definition) is 9. The number of nitrogens with one attached hydrogen (secondary N) is 5. The van der Waals surface area contributed by atoms with Crippen molar-refractivity contribution in [3.8, 4) is 0 Å². The SMILES string of the molecule is O=C(O)CCCCCCCCCCCCC(=O)NC(CCC(=O)NCCOCCOCC(=O)NCCOCCOCC(=O)NCCCCC(NO)C(=O)O)C(=O)O. The van der Waals surface area contributed by atoms with Gasteiger partial charge in [-0.05, 0) is 38.5 Å². The van der Waals surface area contributed by atoms with Crippen LogP contribution in [0.15, 0.2) is 0 Å². The van der Waals surface area contributed by atoms with E-state index in [1.165, 1.54) is 0 Å². The van der Waals surface area contributed by atoms with E-state index in [-0.39, 0.29) is 122 Å². The zero-order chi connectivity index (χ0) is 42.4. The molecule has 0 aromatic heterocycles. The Morgan fingerprint density at radius 2 is 0.877 bits per heavy atom. The molecular weight excluding hydrogens is 754 g/mol. The lowest BCUT2D eigenvalue weighted by Crippen LogP contribution is -2.41. The van der Waals surface area contributed by atoms with Crippen molar-refractivity contribution in [3.05, 3.63) is 0 Å². The van der Waals surface area contributed by atoms with E-state index < -0.39 is 30.0 Å². The van der Waals surface area contributed by atoms with Gasteiger partial charge in [0, 0.05) is 38.9 Å². The van der Waals surface area contributed by atoms with Gasteiger partial charge in [-0.25, -0.2) is 4.79 Å². The Kier molecular flexibility index (Phi) is 35.0. The van der Waals surface area contributed by atoms with E-state index in [1.54, 1.807) is 5.48 Å². The van der Waals surface area contributed by atoms with Crippen molar-refractivity contribution >= 4 is 41.5 Å². The fourth-order valence-electron chi connectivity index (χ4n) is 5.21. The molecule has 20 nitrogen and oxygen atoms in total. The fourth-order valence-corrected chi connectivity index (χ4v) is 5.21. The summed E-state index contributed by atoms with van der Waals surface area (Å²) < 4.78 is 21.2. The lowest BCUT2D eigenvalue weighted by molar-refractivity contribution is -0.143. The highest BCUT2D eigenvalue weighted by atomic mass is 16.5. The maximum absolute atomic E-state index is 12.2. The maximum atomic E-state index is 12.2. The third-order valence-electron chi connectivity index (χ3n) is 8.38. The van der Waals surface area contributed by atoms with Gasteiger partial charge in [-0.3, -0.25) is 28.8 Å². The van der Waals surface area contributed by atoms with Crippen LogP contribution in [-0.2, 0) is 52.5 Å². The third kappa shape index (κ3) is 36.2. The summed E-state index contributed by atoms with van der Waals surface area (Å²) in [6.45, 7) is 1.58. The van der Waals surface area contributed by atoms with E-state index in [4.69, 9.17) is 34.4 Å². The largest absolute Gasteiger partial charge is 0.481 e. The van der Waals surface area contributed by atoms with Crippen LogP contribution in [0.2, 0.25) is 0 Å². The molecule has 0 aromatic carbocycles. The van der Waals surface area contributed by atoms with Gasteiger partial charge < -0.3 is 60.7 Å². The van der Waals surface area contributed by atoms with Gasteiger partial charge in [0.15, 0.2) is 0 Å². The van der Waals surface area contributed by atoms with E-state index in [9.17, 15) is 38.7 Å². The highest BCUT2D eigenvalue weighted by Gasteiger charge is 2.21. The highest BCUT2D eigenvalue weighted by Crippen LogP contribution is 2.12. The number of hydroxylamine groups is 1. The Hall–Kier alpha value is -3.95. The number of carboxylic acid groups (broad SMARTS) is 3. The summed E-state index contributed by atoms with van der Waals surface area (Å²) in [6.07, 6.45) is 11.2. The summed E-state index contributed by atoms with van der Waals surface area (Å²) in [5, 5.41) is 46.0. The van der Waals surface area contributed by atoms with Gasteiger partial charge in [0.2, 0.25) is 23.6 Å². The minimum absolute atomic E-state index is 0.0457. The first-order valence-corrected chi connectivity index (χ1v) is 19.9. The third-order valence-corrected chi connectivity index (χ3v) is 8.38. The van der Waals surface area contributed by atoms with Crippen LogP contribution in [0.5, 0.6) is 0 Å². The highest BCUT2D eigenvalue weighted by molar-refractivity contribution is 5.84. The Bertz CT molecular complexity index is 1130. The number of ether oxygens (including phenoxy) is 4. The van der Waals surface area contributed by atoms with Crippen molar-refractivity contribution in [1.29, 1.82) is 0 Å². The van der Waals surface area contributed by atoms with Crippen molar-refractivity contribution in [2.75, 3.05) is 72.5 Å². The van der Waals surface area contributed by atoms with Gasteiger partial charge in [0.1, 0.15) is 25.3 Å². The molecule has 0 rings (SSSR count). The summed E-state index contributed by atoms with van der Waals surface area (Å²) >= 11 is 0. The summed E-state index contributed by atoms with van der Waals surface area (Å²) in [4.78, 5) is 80.9. The van der Waals surface area contributed by atoms with Crippen LogP contribution < -0.4 is 26.7 Å². The minimum atomic E-state index is -1.20. The van der Waals surface area contributed by atoms with Crippen LogP contribution in [-0.4, -0.2) is 147 Å². The molecule has 0 saturated heterocycles. The smallest absolute Gasteiger partial charge is 0.326 e. The van der Waals surface area contributed by atoms with Crippen molar-refractivity contribution in [2.24, 2.45) is 0 Å². The van der Waals surface area contributed by atoms with Gasteiger partial charge in [0.05, 0.1) is 39.6 Å². The van der Waals surface area contributed by atoms with Crippen LogP contribution >= 0.6 is 0 Å². The van der Waals surface area contributed by atoms with Crippen LogP contribution in [0, 0.1) is 0 Å². The van der Waals surface area contributed by atoms with E-state index in [1.807, 2.05) is 0 Å². The van der Waals surface area contributed by atoms with Crippen LogP contribution in [0.4, 0.5) is 0 Å². The maximum Gasteiger partial charge on any atom is 0.326 e. The average molecular weight is 822 g/mol. The molecule has 0 aliphatic heterocycles. The lowest BCUT2D eigenvalue weighted by Gasteiger charge is -2.14. The molecule has 2 atom stereocenters. The number of rotatable bonds is 41. The first kappa shape index (κ1) is 53.0. The van der Waals surface area contributed by atoms with Crippen LogP contribution in [0.3, 0.4) is 0 Å². The number of unbranched alkanes of at least 4 members (excludes halogenated alkanes) is 10. The second kappa shape index (κ2) is 37.6. The topological polar surface area (TPSA) is 297 Å². The standard InChI is InChI=1S/C37H67N5O15/c43-31(17-16-29(36(49)50)41-32(44)14-9-7-5-3-1-2-4-6-8-10-15-35(47)48)39-19-21-54-23-26-57-28-34(46)40-20-22-55-24-25-56-27-33(45)38-18-12-11-13-30(42-53)37(51)52/h29-30,42,53H,1-28H2,(H,38,45)(H,39,43)(H,40,46)(H,41,44)(H,47,48)(H,49,50)(H,51,52). The number of carbonyl (C=O) groups is 7. The second-order valence-electron chi connectivity index (χ2n) is 13.3. The normalized spacial score (nSPS) is 12.0. The molecule has 0 aliphatic carbocycles. The molecule has 20 heteroatoms. The molecule has 0 bridgehead atoms. The quantitative estimate of drug-likeness (QED) is 0.0308. The molecule has 0 radical (unpaired) electrons. The van der Waals surface area contributed by atoms with Crippen molar-refractivity contribution in [2.45, 2.75) is 121 Å². The number of aliphatic carboxylic acids is 3. The molecule has 9 N–H and O–H groups in total. The predicted molar refractivity (Wildman–Crippen MR) is 204 cm³/mol. The van der Waals surface area contributed by atoms with Crippen LogP contribution in [0.25, 0.3) is 0 Å². The van der Waals surface area contributed by atoms with Crippen LogP contribution in [0.1, 0.15) is 109 Å². The molecule has 0 aliphatic rings. The number of carbonyl (C=O) groups excluding carboxylic acids is 4. The Labute approximate surface area is 334 Å². The molecule has 2 unspecified atom stereocenters. The molecular formula is C37H67N5O15. The molecule has 330 valence electrons. The van der Waals surface area contributed by atoms with Crippen molar-refractivity contribution < 1.29 is 73.0 Å². The summed E-state index contributed by atoms with van der Waals surface area (Å²) in [6, 6.07) is -2.20. The van der Waals surface area contributed by atoms with Gasteiger partial charge >= 0.3 is 17.9 Å². The molecule has 0 spiro atoms. The van der Waals surface area contributed by atoms with Gasteiger partial charge in [0.25, 0.3) is 0 Å². The van der Waals surface area contributed by atoms with E-state index in [0.717, 1.165) is 57.8 Å². The van der Waals surface area contributed by atoms with E-state index in [2.05, 4.69) is 21.3 Å². The van der Waals surface area contributed by atoms with E-state index in [0.29, 0.717) is 25.8 Å². The molecule has 57 heavy (non-hydrogen) atoms. The zero-order valence-corrected chi connectivity index (χ0v) is 33.2. The summed E-state index contributed by atoms with van der Waals surface area (Å²) in [5.41, 5.74) is 1.72. The van der Waals surface area contributed by atoms with Gasteiger partial charge in [-0.1, -0.05) is 51.4 Å². The Morgan fingerprint density at radius 1 is 0.421 bits per heavy atom. The summed E-state index contributed by atoms with van der Waals surface area (Å²) in [7, 11) is 0.